The number of pyridine rings is 1. The topological polar surface area (TPSA) is 60.0 Å². The zero-order valence-corrected chi connectivity index (χ0v) is 15.5. The molecule has 0 N–H and O–H groups in total. The normalized spacial score (nSPS) is 15.6. The third-order valence-electron chi connectivity index (χ3n) is 5.25. The van der Waals surface area contributed by atoms with Crippen molar-refractivity contribution in [1.82, 2.24) is 24.6 Å². The fourth-order valence-electron chi connectivity index (χ4n) is 3.67. The van der Waals surface area contributed by atoms with E-state index in [1.54, 1.807) is 6.20 Å². The van der Waals surface area contributed by atoms with Crippen molar-refractivity contribution in [3.05, 3.63) is 78.6 Å². The molecule has 0 amide bonds. The van der Waals surface area contributed by atoms with Crippen molar-refractivity contribution in [3.63, 3.8) is 0 Å². The summed E-state index contributed by atoms with van der Waals surface area (Å²) in [6, 6.07) is 16.3. The highest BCUT2D eigenvalue weighted by molar-refractivity contribution is 5.77. The van der Waals surface area contributed by atoms with Crippen molar-refractivity contribution in [2.24, 2.45) is 0 Å². The molecule has 0 atom stereocenters. The van der Waals surface area contributed by atoms with Crippen LogP contribution in [0.5, 0.6) is 0 Å². The molecule has 28 heavy (non-hydrogen) atoms. The summed E-state index contributed by atoms with van der Waals surface area (Å²) >= 11 is 0. The summed E-state index contributed by atoms with van der Waals surface area (Å²) in [6.45, 7) is 1.97. The summed E-state index contributed by atoms with van der Waals surface area (Å²) in [5.74, 6) is 1.58. The Kier molecular flexibility index (Phi) is 4.37. The molecule has 0 spiro atoms. The van der Waals surface area contributed by atoms with Gasteiger partial charge < -0.3 is 9.42 Å². The maximum Gasteiger partial charge on any atom is 0.275 e. The molecule has 1 fully saturated rings. The number of rotatable bonds is 4. The van der Waals surface area contributed by atoms with E-state index in [0.29, 0.717) is 11.9 Å². The first-order chi connectivity index (χ1) is 13.9. The Bertz CT molecular complexity index is 1090. The number of piperidine rings is 1. The lowest BCUT2D eigenvalue weighted by Gasteiger charge is -2.29. The molecule has 140 valence electrons. The van der Waals surface area contributed by atoms with Crippen molar-refractivity contribution in [3.8, 4) is 5.95 Å². The Morgan fingerprint density at radius 3 is 2.71 bits per heavy atom. The average molecular weight is 371 g/mol. The molecule has 0 radical (unpaired) electrons. The highest BCUT2D eigenvalue weighted by Gasteiger charge is 2.24. The lowest BCUT2D eigenvalue weighted by atomic mass is 9.97. The van der Waals surface area contributed by atoms with Gasteiger partial charge in [-0.2, -0.15) is 4.98 Å². The highest BCUT2D eigenvalue weighted by atomic mass is 16.5. The minimum absolute atomic E-state index is 0.303. The smallest absolute Gasteiger partial charge is 0.275 e. The lowest BCUT2D eigenvalue weighted by molar-refractivity contribution is 0.248. The average Bonchev–Trinajstić information content (AvgIpc) is 3.40. The molecule has 1 aliphatic heterocycles. The molecule has 3 aromatic heterocycles. The highest BCUT2D eigenvalue weighted by Crippen LogP contribution is 2.28. The van der Waals surface area contributed by atoms with Gasteiger partial charge in [-0.15, -0.1) is 0 Å². The van der Waals surface area contributed by atoms with Crippen molar-refractivity contribution < 1.29 is 4.52 Å². The van der Waals surface area contributed by atoms with E-state index in [2.05, 4.69) is 56.6 Å². The Balaban J connectivity index is 1.26. The van der Waals surface area contributed by atoms with Crippen LogP contribution < -0.4 is 0 Å². The minimum atomic E-state index is 0.303. The Labute approximate surface area is 163 Å². The van der Waals surface area contributed by atoms with E-state index in [0.717, 1.165) is 42.9 Å². The molecular formula is C22H21N5O. The number of hydrogen-bond donors (Lipinski definition) is 0. The van der Waals surface area contributed by atoms with Crippen LogP contribution in [0, 0.1) is 0 Å². The van der Waals surface area contributed by atoms with Gasteiger partial charge in [-0.05, 0) is 54.0 Å². The number of nitrogens with zero attached hydrogens (tertiary/aromatic N) is 5. The fourth-order valence-corrected chi connectivity index (χ4v) is 3.67. The van der Waals surface area contributed by atoms with Crippen LogP contribution in [0.1, 0.15) is 30.2 Å². The summed E-state index contributed by atoms with van der Waals surface area (Å²) < 4.78 is 7.47. The Morgan fingerprint density at radius 1 is 1.00 bits per heavy atom. The molecule has 0 saturated carbocycles. The van der Waals surface area contributed by atoms with Gasteiger partial charge in [0, 0.05) is 36.8 Å². The third kappa shape index (κ3) is 3.29. The maximum absolute atomic E-state index is 5.60. The van der Waals surface area contributed by atoms with Gasteiger partial charge in [0.1, 0.15) is 5.65 Å². The summed E-state index contributed by atoms with van der Waals surface area (Å²) in [4.78, 5) is 11.4. The summed E-state index contributed by atoms with van der Waals surface area (Å²) in [6.07, 6.45) is 10.1. The van der Waals surface area contributed by atoms with Crippen molar-refractivity contribution in [2.45, 2.75) is 18.8 Å². The number of benzene rings is 1. The molecule has 1 aliphatic rings. The standard InChI is InChI=1S/C22H21N5O/c1-2-5-17(6-3-1)8-13-26-14-9-19(10-15-26)21-24-22(25-28-21)27-16-11-18-7-4-12-23-20(18)27/h1-8,11-13,16,19H,9-10,14-15H2. The zero-order valence-electron chi connectivity index (χ0n) is 15.5. The van der Waals surface area contributed by atoms with Gasteiger partial charge in [0.25, 0.3) is 5.95 Å². The molecule has 0 aliphatic carbocycles. The van der Waals surface area contributed by atoms with Crippen molar-refractivity contribution >= 4 is 17.1 Å². The molecule has 4 aromatic rings. The van der Waals surface area contributed by atoms with E-state index >= 15 is 0 Å². The first kappa shape index (κ1) is 16.7. The zero-order chi connectivity index (χ0) is 18.8. The molecule has 6 nitrogen and oxygen atoms in total. The summed E-state index contributed by atoms with van der Waals surface area (Å²) in [7, 11) is 0. The summed E-state index contributed by atoms with van der Waals surface area (Å²) in [5.41, 5.74) is 2.06. The lowest BCUT2D eigenvalue weighted by Crippen LogP contribution is -2.28. The van der Waals surface area contributed by atoms with Crippen LogP contribution in [0.15, 0.2) is 71.6 Å². The second-order valence-electron chi connectivity index (χ2n) is 7.07. The van der Waals surface area contributed by atoms with Crippen LogP contribution in [-0.2, 0) is 0 Å². The van der Waals surface area contributed by atoms with Crippen molar-refractivity contribution in [2.75, 3.05) is 13.1 Å². The molecule has 5 rings (SSSR count). The van der Waals surface area contributed by atoms with Crippen molar-refractivity contribution in [1.29, 1.82) is 0 Å². The molecule has 1 saturated heterocycles. The van der Waals surface area contributed by atoms with Gasteiger partial charge in [0.2, 0.25) is 5.89 Å². The van der Waals surface area contributed by atoms with E-state index in [1.165, 1.54) is 5.56 Å². The van der Waals surface area contributed by atoms with E-state index in [4.69, 9.17) is 4.52 Å². The van der Waals surface area contributed by atoms with Gasteiger partial charge in [-0.3, -0.25) is 4.57 Å². The van der Waals surface area contributed by atoms with E-state index < -0.39 is 0 Å². The van der Waals surface area contributed by atoms with E-state index in [9.17, 15) is 0 Å². The van der Waals surface area contributed by atoms with E-state index in [-0.39, 0.29) is 0 Å². The Morgan fingerprint density at radius 2 is 1.86 bits per heavy atom. The maximum atomic E-state index is 5.60. The first-order valence-corrected chi connectivity index (χ1v) is 9.60. The van der Waals surface area contributed by atoms with Crippen LogP contribution in [0.25, 0.3) is 23.1 Å². The molecule has 0 unspecified atom stereocenters. The van der Waals surface area contributed by atoms with Crippen LogP contribution >= 0.6 is 0 Å². The van der Waals surface area contributed by atoms with Crippen LogP contribution in [-0.4, -0.2) is 37.7 Å². The number of likely N-dealkylation sites (tertiary alicyclic amines) is 1. The first-order valence-electron chi connectivity index (χ1n) is 9.60. The molecule has 1 aromatic carbocycles. The monoisotopic (exact) mass is 371 g/mol. The van der Waals surface area contributed by atoms with E-state index in [1.807, 2.05) is 35.0 Å². The minimum Gasteiger partial charge on any atom is -0.377 e. The quantitative estimate of drug-likeness (QED) is 0.536. The molecular weight excluding hydrogens is 350 g/mol. The molecule has 4 heterocycles. The number of aromatic nitrogens is 4. The molecule has 6 heteroatoms. The third-order valence-corrected chi connectivity index (χ3v) is 5.25. The van der Waals surface area contributed by atoms with Crippen LogP contribution in [0.4, 0.5) is 0 Å². The van der Waals surface area contributed by atoms with Gasteiger partial charge in [0.15, 0.2) is 0 Å². The predicted molar refractivity (Wildman–Crippen MR) is 108 cm³/mol. The summed E-state index contributed by atoms with van der Waals surface area (Å²) in [5, 5.41) is 5.25. The molecule has 0 bridgehead atoms. The second kappa shape index (κ2) is 7.31. The Hall–Kier alpha value is -3.41. The fraction of sp³-hybridized carbons (Fsp3) is 0.227. The van der Waals surface area contributed by atoms with Crippen LogP contribution in [0.3, 0.4) is 0 Å². The number of fused-ring (bicyclic) bond motifs is 1. The largest absolute Gasteiger partial charge is 0.377 e. The second-order valence-corrected chi connectivity index (χ2v) is 7.07. The van der Waals surface area contributed by atoms with Crippen LogP contribution in [0.2, 0.25) is 0 Å². The number of hydrogen-bond acceptors (Lipinski definition) is 5. The predicted octanol–water partition coefficient (Wildman–Crippen LogP) is 4.26. The van der Waals surface area contributed by atoms with Gasteiger partial charge in [-0.1, -0.05) is 30.3 Å². The van der Waals surface area contributed by atoms with Gasteiger partial charge in [-0.25, -0.2) is 4.98 Å². The van der Waals surface area contributed by atoms with Gasteiger partial charge >= 0.3 is 0 Å². The van der Waals surface area contributed by atoms with Gasteiger partial charge in [0.05, 0.1) is 0 Å². The SMILES string of the molecule is C(=CN1CCC(c2nc(-n3ccc4cccnc43)no2)CC1)c1ccccc1.